The third kappa shape index (κ3) is 3.64. The van der Waals surface area contributed by atoms with Crippen LogP contribution in [0.2, 0.25) is 0 Å². The molecular weight excluding hydrogens is 310 g/mol. The van der Waals surface area contributed by atoms with Gasteiger partial charge < -0.3 is 10.4 Å². The molecule has 2 rings (SSSR count). The van der Waals surface area contributed by atoms with Crippen molar-refractivity contribution < 1.29 is 19.6 Å². The normalized spacial score (nSPS) is 10.2. The summed E-state index contributed by atoms with van der Waals surface area (Å²) in [6, 6.07) is 5.41. The molecule has 2 aromatic rings. The van der Waals surface area contributed by atoms with Crippen LogP contribution in [0.1, 0.15) is 20.4 Å². The summed E-state index contributed by atoms with van der Waals surface area (Å²) in [5.41, 5.74) is 0.720. The van der Waals surface area contributed by atoms with Gasteiger partial charge in [0.2, 0.25) is 5.91 Å². The van der Waals surface area contributed by atoms with Crippen molar-refractivity contribution in [2.45, 2.75) is 13.3 Å². The Morgan fingerprint density at radius 2 is 2.00 bits per heavy atom. The van der Waals surface area contributed by atoms with Crippen LogP contribution in [-0.2, 0) is 11.2 Å². The third-order valence-corrected chi connectivity index (χ3v) is 3.85. The lowest BCUT2D eigenvalue weighted by Gasteiger charge is -2.03. The molecule has 0 saturated heterocycles. The van der Waals surface area contributed by atoms with Gasteiger partial charge in [-0.1, -0.05) is 0 Å². The van der Waals surface area contributed by atoms with Crippen molar-refractivity contribution in [1.29, 1.82) is 0 Å². The van der Waals surface area contributed by atoms with E-state index in [4.69, 9.17) is 5.11 Å². The number of amides is 1. The van der Waals surface area contributed by atoms with Gasteiger partial charge in [0, 0.05) is 17.8 Å². The number of anilines is 1. The molecule has 1 aromatic heterocycles. The molecule has 1 aromatic carbocycles. The topological polar surface area (TPSA) is 122 Å². The van der Waals surface area contributed by atoms with E-state index < -0.39 is 10.9 Å². The molecule has 1 heterocycles. The van der Waals surface area contributed by atoms with Gasteiger partial charge in [0.1, 0.15) is 9.88 Å². The summed E-state index contributed by atoms with van der Waals surface area (Å²) in [7, 11) is 0. The highest BCUT2D eigenvalue weighted by Crippen LogP contribution is 2.19. The first-order valence-corrected chi connectivity index (χ1v) is 6.92. The number of nitrogens with one attached hydrogen (secondary N) is 1. The van der Waals surface area contributed by atoms with Crippen molar-refractivity contribution in [1.82, 2.24) is 4.98 Å². The van der Waals surface area contributed by atoms with Crippen LogP contribution >= 0.6 is 11.3 Å². The second-order valence-electron chi connectivity index (χ2n) is 4.36. The molecule has 9 heteroatoms. The van der Waals surface area contributed by atoms with E-state index in [-0.39, 0.29) is 22.9 Å². The lowest BCUT2D eigenvalue weighted by atomic mass is 10.3. The third-order valence-electron chi connectivity index (χ3n) is 2.71. The minimum atomic E-state index is -1.07. The second kappa shape index (κ2) is 6.31. The fraction of sp³-hybridized carbons (Fsp3) is 0.154. The molecule has 0 spiro atoms. The number of aromatic nitrogens is 1. The number of aromatic carboxylic acids is 1. The molecular formula is C13H11N3O5S. The van der Waals surface area contributed by atoms with Gasteiger partial charge in [-0.15, -0.1) is 11.3 Å². The van der Waals surface area contributed by atoms with Crippen LogP contribution in [0.25, 0.3) is 0 Å². The number of carboxylic acids is 1. The van der Waals surface area contributed by atoms with Crippen molar-refractivity contribution in [3.63, 3.8) is 0 Å². The van der Waals surface area contributed by atoms with Crippen LogP contribution in [0, 0.1) is 17.0 Å². The standard InChI is InChI=1S/C13H11N3O5S/c1-7-12(13(18)19)22-11(14-7)6-10(17)15-8-2-4-9(5-3-8)16(20)21/h2-5H,6H2,1H3,(H,15,17)(H,18,19). The lowest BCUT2D eigenvalue weighted by Crippen LogP contribution is -2.14. The molecule has 1 amide bonds. The fourth-order valence-corrected chi connectivity index (χ4v) is 2.64. The van der Waals surface area contributed by atoms with Gasteiger partial charge in [0.25, 0.3) is 5.69 Å². The van der Waals surface area contributed by atoms with E-state index in [1.165, 1.54) is 24.3 Å². The molecule has 8 nitrogen and oxygen atoms in total. The fourth-order valence-electron chi connectivity index (χ4n) is 1.74. The molecule has 0 aliphatic carbocycles. The predicted molar refractivity (Wildman–Crippen MR) is 79.2 cm³/mol. The van der Waals surface area contributed by atoms with Crippen LogP contribution in [0.5, 0.6) is 0 Å². The van der Waals surface area contributed by atoms with E-state index >= 15 is 0 Å². The largest absolute Gasteiger partial charge is 0.477 e. The average molecular weight is 321 g/mol. The first-order chi connectivity index (χ1) is 10.4. The maximum Gasteiger partial charge on any atom is 0.347 e. The summed E-state index contributed by atoms with van der Waals surface area (Å²) >= 11 is 0.952. The van der Waals surface area contributed by atoms with Crippen molar-refractivity contribution >= 4 is 34.6 Å². The summed E-state index contributed by atoms with van der Waals surface area (Å²) in [5.74, 6) is -1.45. The first kappa shape index (κ1) is 15.6. The molecule has 0 radical (unpaired) electrons. The predicted octanol–water partition coefficient (Wildman–Crippen LogP) is 2.24. The van der Waals surface area contributed by atoms with Crippen molar-refractivity contribution in [2.75, 3.05) is 5.32 Å². The van der Waals surface area contributed by atoms with E-state index in [9.17, 15) is 19.7 Å². The highest BCUT2D eigenvalue weighted by atomic mass is 32.1. The molecule has 0 atom stereocenters. The molecule has 0 unspecified atom stereocenters. The zero-order chi connectivity index (χ0) is 16.3. The maximum absolute atomic E-state index is 11.9. The summed E-state index contributed by atoms with van der Waals surface area (Å²) in [5, 5.41) is 22.4. The van der Waals surface area contributed by atoms with Crippen molar-refractivity contribution in [3.8, 4) is 0 Å². The average Bonchev–Trinajstić information content (AvgIpc) is 2.80. The second-order valence-corrected chi connectivity index (χ2v) is 5.44. The van der Waals surface area contributed by atoms with E-state index in [2.05, 4.69) is 10.3 Å². The van der Waals surface area contributed by atoms with E-state index in [1.54, 1.807) is 6.92 Å². The van der Waals surface area contributed by atoms with Gasteiger partial charge >= 0.3 is 5.97 Å². The highest BCUT2D eigenvalue weighted by molar-refractivity contribution is 7.13. The summed E-state index contributed by atoms with van der Waals surface area (Å²) in [6.07, 6.45) is -0.0597. The Labute approximate surface area is 128 Å². The number of carbonyl (C=O) groups excluding carboxylic acids is 1. The van der Waals surface area contributed by atoms with Gasteiger partial charge in [-0.2, -0.15) is 0 Å². The highest BCUT2D eigenvalue weighted by Gasteiger charge is 2.16. The van der Waals surface area contributed by atoms with Gasteiger partial charge in [0.05, 0.1) is 17.0 Å². The van der Waals surface area contributed by atoms with Crippen LogP contribution < -0.4 is 5.32 Å². The zero-order valence-electron chi connectivity index (χ0n) is 11.4. The number of thiazole rings is 1. The van der Waals surface area contributed by atoms with E-state index in [1.807, 2.05) is 0 Å². The minimum Gasteiger partial charge on any atom is -0.477 e. The molecule has 22 heavy (non-hydrogen) atoms. The Morgan fingerprint density at radius 1 is 1.36 bits per heavy atom. The minimum absolute atomic E-state index is 0.0597. The van der Waals surface area contributed by atoms with Gasteiger partial charge in [0.15, 0.2) is 0 Å². The number of hydrogen-bond donors (Lipinski definition) is 2. The number of carboxylic acid groups (broad SMARTS) is 1. The number of nitro groups is 1. The molecule has 0 saturated carbocycles. The summed E-state index contributed by atoms with van der Waals surface area (Å²) in [6.45, 7) is 1.57. The SMILES string of the molecule is Cc1nc(CC(=O)Nc2ccc([N+](=O)[O-])cc2)sc1C(=O)O. The zero-order valence-corrected chi connectivity index (χ0v) is 12.2. The Kier molecular flexibility index (Phi) is 4.47. The van der Waals surface area contributed by atoms with E-state index in [0.29, 0.717) is 16.4 Å². The summed E-state index contributed by atoms with van der Waals surface area (Å²) < 4.78 is 0. The smallest absolute Gasteiger partial charge is 0.347 e. The van der Waals surface area contributed by atoms with Gasteiger partial charge in [-0.05, 0) is 19.1 Å². The monoisotopic (exact) mass is 321 g/mol. The Balaban J connectivity index is 2.02. The van der Waals surface area contributed by atoms with Crippen LogP contribution in [0.15, 0.2) is 24.3 Å². The van der Waals surface area contributed by atoms with Gasteiger partial charge in [-0.3, -0.25) is 14.9 Å². The Bertz CT molecular complexity index is 739. The number of rotatable bonds is 5. The van der Waals surface area contributed by atoms with Gasteiger partial charge in [-0.25, -0.2) is 9.78 Å². The molecule has 0 aliphatic heterocycles. The number of nitro benzene ring substituents is 1. The molecule has 2 N–H and O–H groups in total. The lowest BCUT2D eigenvalue weighted by molar-refractivity contribution is -0.384. The molecule has 114 valence electrons. The molecule has 0 fully saturated rings. The van der Waals surface area contributed by atoms with Crippen molar-refractivity contribution in [2.24, 2.45) is 0 Å². The number of benzene rings is 1. The number of nitrogens with zero attached hydrogens (tertiary/aromatic N) is 2. The maximum atomic E-state index is 11.9. The number of carbonyl (C=O) groups is 2. The first-order valence-electron chi connectivity index (χ1n) is 6.10. The number of non-ortho nitro benzene ring substituents is 1. The quantitative estimate of drug-likeness (QED) is 0.643. The van der Waals surface area contributed by atoms with Crippen LogP contribution in [-0.4, -0.2) is 26.9 Å². The summed E-state index contributed by atoms with van der Waals surface area (Å²) in [4.78, 5) is 36.9. The Hall–Kier alpha value is -2.81. The van der Waals surface area contributed by atoms with Crippen LogP contribution in [0.3, 0.4) is 0 Å². The van der Waals surface area contributed by atoms with Crippen LogP contribution in [0.4, 0.5) is 11.4 Å². The van der Waals surface area contributed by atoms with Crippen molar-refractivity contribution in [3.05, 3.63) is 50.0 Å². The number of aryl methyl sites for hydroxylation is 1. The number of hydrogen-bond acceptors (Lipinski definition) is 6. The van der Waals surface area contributed by atoms with E-state index in [0.717, 1.165) is 11.3 Å². The molecule has 0 aliphatic rings. The Morgan fingerprint density at radius 3 is 2.50 bits per heavy atom. The molecule has 0 bridgehead atoms.